The first kappa shape index (κ1) is 12.7. The monoisotopic (exact) mass is 184 g/mol. The Bertz CT molecular complexity index is 136. The summed E-state index contributed by atoms with van der Waals surface area (Å²) < 4.78 is 0. The van der Waals surface area contributed by atoms with Gasteiger partial charge in [0.25, 0.3) is 0 Å². The molecule has 1 heteroatoms. The van der Waals surface area contributed by atoms with Crippen LogP contribution in [0.2, 0.25) is 0 Å². The zero-order valence-corrected chi connectivity index (χ0v) is 9.34. The smallest absolute Gasteiger partial charge is 0.0622 e. The number of hydrogen-bond acceptors (Lipinski definition) is 1. The van der Waals surface area contributed by atoms with Gasteiger partial charge < -0.3 is 5.11 Å². The van der Waals surface area contributed by atoms with Gasteiger partial charge in [-0.15, -0.1) is 6.58 Å². The summed E-state index contributed by atoms with van der Waals surface area (Å²) in [6.07, 6.45) is 6.88. The molecule has 1 N–H and O–H groups in total. The van der Waals surface area contributed by atoms with Crippen molar-refractivity contribution in [2.75, 3.05) is 0 Å². The van der Waals surface area contributed by atoms with Gasteiger partial charge in [0.15, 0.2) is 0 Å². The highest BCUT2D eigenvalue weighted by atomic mass is 16.3. The molecule has 0 aromatic heterocycles. The molecule has 0 bridgehead atoms. The van der Waals surface area contributed by atoms with Gasteiger partial charge >= 0.3 is 0 Å². The van der Waals surface area contributed by atoms with Gasteiger partial charge in [-0.25, -0.2) is 0 Å². The summed E-state index contributed by atoms with van der Waals surface area (Å²) in [7, 11) is 0. The maximum absolute atomic E-state index is 9.91. The third-order valence-corrected chi connectivity index (χ3v) is 2.38. The fraction of sp³-hybridized carbons (Fsp3) is 0.833. The summed E-state index contributed by atoms with van der Waals surface area (Å²) in [4.78, 5) is 0. The molecule has 0 fully saturated rings. The second-order valence-corrected chi connectivity index (χ2v) is 4.61. The van der Waals surface area contributed by atoms with Crippen LogP contribution >= 0.6 is 0 Å². The minimum atomic E-state index is -0.483. The first-order valence-corrected chi connectivity index (χ1v) is 5.31. The molecule has 0 aliphatic rings. The number of aliphatic hydroxyl groups is 1. The first-order valence-electron chi connectivity index (χ1n) is 5.31. The van der Waals surface area contributed by atoms with Gasteiger partial charge in [0.1, 0.15) is 0 Å². The van der Waals surface area contributed by atoms with E-state index in [-0.39, 0.29) is 0 Å². The van der Waals surface area contributed by atoms with Gasteiger partial charge in [-0.3, -0.25) is 0 Å². The van der Waals surface area contributed by atoms with E-state index in [0.717, 1.165) is 31.6 Å². The van der Waals surface area contributed by atoms with E-state index < -0.39 is 5.60 Å². The Morgan fingerprint density at radius 2 is 2.00 bits per heavy atom. The van der Waals surface area contributed by atoms with Crippen LogP contribution in [0.15, 0.2) is 12.7 Å². The third kappa shape index (κ3) is 8.04. The van der Waals surface area contributed by atoms with Crippen molar-refractivity contribution in [2.45, 2.75) is 58.5 Å². The Morgan fingerprint density at radius 3 is 2.46 bits per heavy atom. The molecule has 0 aliphatic heterocycles. The summed E-state index contributed by atoms with van der Waals surface area (Å²) in [5.41, 5.74) is -0.483. The Morgan fingerprint density at radius 1 is 1.38 bits per heavy atom. The Labute approximate surface area is 82.9 Å². The van der Waals surface area contributed by atoms with E-state index in [1.54, 1.807) is 0 Å². The normalized spacial score (nSPS) is 15.8. The minimum absolute atomic E-state index is 0.483. The molecule has 0 saturated heterocycles. The molecule has 0 aliphatic carbocycles. The quantitative estimate of drug-likeness (QED) is 0.600. The molecule has 0 heterocycles. The molecule has 0 aromatic rings. The van der Waals surface area contributed by atoms with E-state index in [9.17, 15) is 5.11 Å². The lowest BCUT2D eigenvalue weighted by atomic mass is 9.92. The molecule has 0 aromatic carbocycles. The molecule has 0 amide bonds. The molecule has 78 valence electrons. The highest BCUT2D eigenvalue weighted by Crippen LogP contribution is 2.21. The zero-order valence-electron chi connectivity index (χ0n) is 9.34. The second kappa shape index (κ2) is 6.20. The molecule has 1 atom stereocenters. The van der Waals surface area contributed by atoms with Crippen molar-refractivity contribution in [3.8, 4) is 0 Å². The van der Waals surface area contributed by atoms with E-state index in [0.29, 0.717) is 0 Å². The maximum atomic E-state index is 9.91. The Balaban J connectivity index is 3.55. The van der Waals surface area contributed by atoms with Crippen LogP contribution in [-0.4, -0.2) is 10.7 Å². The lowest BCUT2D eigenvalue weighted by molar-refractivity contribution is 0.0396. The van der Waals surface area contributed by atoms with Crippen molar-refractivity contribution in [3.63, 3.8) is 0 Å². The van der Waals surface area contributed by atoms with Gasteiger partial charge in [-0.05, 0) is 32.1 Å². The van der Waals surface area contributed by atoms with E-state index >= 15 is 0 Å². The lowest BCUT2D eigenvalue weighted by Crippen LogP contribution is -2.23. The molecule has 13 heavy (non-hydrogen) atoms. The summed E-state index contributed by atoms with van der Waals surface area (Å²) in [5.74, 6) is 0.746. The summed E-state index contributed by atoms with van der Waals surface area (Å²) in [6.45, 7) is 10.0. The van der Waals surface area contributed by atoms with Crippen molar-refractivity contribution in [2.24, 2.45) is 5.92 Å². The van der Waals surface area contributed by atoms with Crippen molar-refractivity contribution in [3.05, 3.63) is 12.7 Å². The van der Waals surface area contributed by atoms with E-state index in [2.05, 4.69) is 20.4 Å². The SMILES string of the molecule is C=CCCC(C)(O)CCCC(C)C. The summed E-state index contributed by atoms with van der Waals surface area (Å²) >= 11 is 0. The third-order valence-electron chi connectivity index (χ3n) is 2.38. The van der Waals surface area contributed by atoms with Crippen LogP contribution in [0, 0.1) is 5.92 Å². The lowest BCUT2D eigenvalue weighted by Gasteiger charge is -2.22. The fourth-order valence-electron chi connectivity index (χ4n) is 1.43. The summed E-state index contributed by atoms with van der Waals surface area (Å²) in [5, 5.41) is 9.91. The van der Waals surface area contributed by atoms with Crippen molar-refractivity contribution in [1.29, 1.82) is 0 Å². The van der Waals surface area contributed by atoms with Crippen LogP contribution < -0.4 is 0 Å². The number of rotatable bonds is 7. The molecule has 0 saturated carbocycles. The highest BCUT2D eigenvalue weighted by Gasteiger charge is 2.18. The van der Waals surface area contributed by atoms with E-state index in [1.165, 1.54) is 6.42 Å². The van der Waals surface area contributed by atoms with E-state index in [1.807, 2.05) is 13.0 Å². The molecular weight excluding hydrogens is 160 g/mol. The fourth-order valence-corrected chi connectivity index (χ4v) is 1.43. The molecular formula is C12H24O. The standard InChI is InChI=1S/C12H24O/c1-5-6-9-12(4,13)10-7-8-11(2)3/h5,11,13H,1,6-10H2,2-4H3. The number of allylic oxidation sites excluding steroid dienone is 1. The molecule has 1 nitrogen and oxygen atoms in total. The van der Waals surface area contributed by atoms with E-state index in [4.69, 9.17) is 0 Å². The van der Waals surface area contributed by atoms with Crippen LogP contribution in [0.4, 0.5) is 0 Å². The van der Waals surface area contributed by atoms with Crippen LogP contribution in [0.25, 0.3) is 0 Å². The van der Waals surface area contributed by atoms with Gasteiger partial charge in [0, 0.05) is 0 Å². The predicted octanol–water partition coefficient (Wildman–Crippen LogP) is 3.53. The van der Waals surface area contributed by atoms with Crippen LogP contribution in [0.5, 0.6) is 0 Å². The van der Waals surface area contributed by atoms with Crippen molar-refractivity contribution in [1.82, 2.24) is 0 Å². The highest BCUT2D eigenvalue weighted by molar-refractivity contribution is 4.77. The Kier molecular flexibility index (Phi) is 6.06. The number of hydrogen-bond donors (Lipinski definition) is 1. The van der Waals surface area contributed by atoms with Gasteiger partial charge in [-0.2, -0.15) is 0 Å². The minimum Gasteiger partial charge on any atom is -0.390 e. The van der Waals surface area contributed by atoms with Gasteiger partial charge in [0.05, 0.1) is 5.60 Å². The average Bonchev–Trinajstić information content (AvgIpc) is 2.00. The van der Waals surface area contributed by atoms with Crippen LogP contribution in [0.1, 0.15) is 52.9 Å². The molecule has 0 radical (unpaired) electrons. The average molecular weight is 184 g/mol. The zero-order chi connectivity index (χ0) is 10.3. The predicted molar refractivity (Wildman–Crippen MR) is 58.7 cm³/mol. The van der Waals surface area contributed by atoms with Gasteiger partial charge in [0.2, 0.25) is 0 Å². The molecule has 0 spiro atoms. The van der Waals surface area contributed by atoms with Crippen LogP contribution in [0.3, 0.4) is 0 Å². The second-order valence-electron chi connectivity index (χ2n) is 4.61. The van der Waals surface area contributed by atoms with Crippen molar-refractivity contribution >= 4 is 0 Å². The van der Waals surface area contributed by atoms with Gasteiger partial charge in [-0.1, -0.05) is 32.8 Å². The summed E-state index contributed by atoms with van der Waals surface area (Å²) in [6, 6.07) is 0. The largest absolute Gasteiger partial charge is 0.390 e. The molecule has 1 unspecified atom stereocenters. The molecule has 0 rings (SSSR count). The maximum Gasteiger partial charge on any atom is 0.0622 e. The first-order chi connectivity index (χ1) is 5.98. The van der Waals surface area contributed by atoms with Crippen LogP contribution in [-0.2, 0) is 0 Å². The van der Waals surface area contributed by atoms with Crippen molar-refractivity contribution < 1.29 is 5.11 Å². The Hall–Kier alpha value is -0.300. The topological polar surface area (TPSA) is 20.2 Å².